The van der Waals surface area contributed by atoms with Gasteiger partial charge in [0.25, 0.3) is 0 Å². The van der Waals surface area contributed by atoms with Gasteiger partial charge in [-0.1, -0.05) is 6.07 Å². The summed E-state index contributed by atoms with van der Waals surface area (Å²) in [6, 6.07) is 5.71. The number of aromatic nitrogens is 1. The zero-order valence-corrected chi connectivity index (χ0v) is 10.8. The molecule has 0 saturated heterocycles. The topological polar surface area (TPSA) is 39.2 Å². The number of methoxy groups -OCH3 is 1. The summed E-state index contributed by atoms with van der Waals surface area (Å²) >= 11 is 4.84. The minimum Gasteiger partial charge on any atom is -0.465 e. The fourth-order valence-corrected chi connectivity index (χ4v) is 2.62. The van der Waals surface area contributed by atoms with Gasteiger partial charge in [0.05, 0.1) is 7.11 Å². The highest BCUT2D eigenvalue weighted by atomic mass is 79.9. The van der Waals surface area contributed by atoms with Crippen molar-refractivity contribution >= 4 is 33.2 Å². The number of pyridine rings is 1. The lowest BCUT2D eigenvalue weighted by molar-refractivity contribution is 0.0600. The van der Waals surface area contributed by atoms with Crippen LogP contribution < -0.4 is 0 Å². The van der Waals surface area contributed by atoms with E-state index in [4.69, 9.17) is 4.74 Å². The van der Waals surface area contributed by atoms with E-state index in [9.17, 15) is 4.79 Å². The van der Waals surface area contributed by atoms with Crippen molar-refractivity contribution in [1.82, 2.24) is 4.98 Å². The Morgan fingerprint density at radius 2 is 2.31 bits per heavy atom. The van der Waals surface area contributed by atoms with Crippen molar-refractivity contribution < 1.29 is 9.53 Å². The van der Waals surface area contributed by atoms with Gasteiger partial charge < -0.3 is 4.74 Å². The Hall–Kier alpha value is -1.20. The Bertz CT molecular complexity index is 511. The van der Waals surface area contributed by atoms with Crippen LogP contribution in [0.3, 0.4) is 0 Å². The molecular formula is C11H8BrNO2S. The summed E-state index contributed by atoms with van der Waals surface area (Å²) in [7, 11) is 1.36. The van der Waals surface area contributed by atoms with Crippen LogP contribution in [0.4, 0.5) is 0 Å². The fraction of sp³-hybridized carbons (Fsp3) is 0.0909. The molecule has 2 rings (SSSR count). The molecule has 0 aliphatic rings. The van der Waals surface area contributed by atoms with E-state index in [0.29, 0.717) is 10.2 Å². The molecule has 0 saturated carbocycles. The van der Waals surface area contributed by atoms with Crippen LogP contribution in [0.15, 0.2) is 34.4 Å². The van der Waals surface area contributed by atoms with E-state index in [1.807, 2.05) is 23.6 Å². The molecule has 0 unspecified atom stereocenters. The summed E-state index contributed by atoms with van der Waals surface area (Å²) in [6.07, 6.45) is 1.66. The van der Waals surface area contributed by atoms with Gasteiger partial charge in [0.1, 0.15) is 10.2 Å². The maximum absolute atomic E-state index is 11.7. The molecule has 16 heavy (non-hydrogen) atoms. The van der Waals surface area contributed by atoms with Crippen LogP contribution >= 0.6 is 27.3 Å². The van der Waals surface area contributed by atoms with Gasteiger partial charge in [0.15, 0.2) is 0 Å². The van der Waals surface area contributed by atoms with Gasteiger partial charge in [-0.15, -0.1) is 11.3 Å². The smallest absolute Gasteiger partial charge is 0.341 e. The first-order valence-corrected chi connectivity index (χ1v) is 6.18. The molecule has 0 aliphatic heterocycles. The lowest BCUT2D eigenvalue weighted by Crippen LogP contribution is -2.05. The third-order valence-electron chi connectivity index (χ3n) is 2.08. The highest BCUT2D eigenvalue weighted by Gasteiger charge is 2.18. The van der Waals surface area contributed by atoms with Gasteiger partial charge >= 0.3 is 5.97 Å². The van der Waals surface area contributed by atoms with Crippen molar-refractivity contribution in [3.8, 4) is 10.4 Å². The molecule has 5 heteroatoms. The number of thiophene rings is 1. The van der Waals surface area contributed by atoms with Crippen molar-refractivity contribution in [3.63, 3.8) is 0 Å². The molecule has 82 valence electrons. The lowest BCUT2D eigenvalue weighted by Gasteiger charge is -2.07. The van der Waals surface area contributed by atoms with Gasteiger partial charge in [0.2, 0.25) is 0 Å². The van der Waals surface area contributed by atoms with Gasteiger partial charge in [-0.2, -0.15) is 0 Å². The average Bonchev–Trinajstić information content (AvgIpc) is 2.81. The standard InChI is InChI=1S/C11H8BrNO2S/c1-15-11(14)9-7(4-5-13-10(9)12)8-3-2-6-16-8/h2-6H,1H3. The molecule has 0 spiro atoms. The largest absolute Gasteiger partial charge is 0.465 e. The quantitative estimate of drug-likeness (QED) is 0.630. The summed E-state index contributed by atoms with van der Waals surface area (Å²) in [5, 5.41) is 1.96. The molecule has 0 fully saturated rings. The normalized spacial score (nSPS) is 10.1. The van der Waals surface area contributed by atoms with Gasteiger partial charge in [-0.05, 0) is 33.4 Å². The molecule has 0 radical (unpaired) electrons. The van der Waals surface area contributed by atoms with E-state index < -0.39 is 0 Å². The molecule has 0 aliphatic carbocycles. The van der Waals surface area contributed by atoms with E-state index in [2.05, 4.69) is 20.9 Å². The Morgan fingerprint density at radius 3 is 2.94 bits per heavy atom. The highest BCUT2D eigenvalue weighted by Crippen LogP contribution is 2.31. The molecule has 0 atom stereocenters. The number of hydrogen-bond acceptors (Lipinski definition) is 4. The predicted molar refractivity (Wildman–Crippen MR) is 66.6 cm³/mol. The number of nitrogens with zero attached hydrogens (tertiary/aromatic N) is 1. The van der Waals surface area contributed by atoms with E-state index in [1.54, 1.807) is 17.5 Å². The number of hydrogen-bond donors (Lipinski definition) is 0. The Morgan fingerprint density at radius 1 is 1.50 bits per heavy atom. The van der Waals surface area contributed by atoms with Crippen molar-refractivity contribution in [2.24, 2.45) is 0 Å². The molecule has 2 aromatic rings. The minimum absolute atomic E-state index is 0.386. The fourth-order valence-electron chi connectivity index (χ4n) is 1.37. The van der Waals surface area contributed by atoms with Crippen molar-refractivity contribution in [2.45, 2.75) is 0 Å². The third-order valence-corrected chi connectivity index (χ3v) is 3.59. The van der Waals surface area contributed by atoms with Gasteiger partial charge in [-0.25, -0.2) is 9.78 Å². The molecule has 0 amide bonds. The second-order valence-corrected chi connectivity index (χ2v) is 4.69. The Balaban J connectivity index is 2.62. The molecule has 3 nitrogen and oxygen atoms in total. The van der Waals surface area contributed by atoms with Crippen LogP contribution in [-0.2, 0) is 4.74 Å². The zero-order chi connectivity index (χ0) is 11.5. The monoisotopic (exact) mass is 297 g/mol. The maximum Gasteiger partial charge on any atom is 0.341 e. The second kappa shape index (κ2) is 4.76. The van der Waals surface area contributed by atoms with E-state index in [-0.39, 0.29) is 5.97 Å². The minimum atomic E-state index is -0.386. The number of ether oxygens (including phenoxy) is 1. The summed E-state index contributed by atoms with van der Waals surface area (Å²) < 4.78 is 5.26. The van der Waals surface area contributed by atoms with E-state index in [0.717, 1.165) is 10.4 Å². The molecule has 2 heterocycles. The summed E-state index contributed by atoms with van der Waals surface area (Å²) in [4.78, 5) is 16.7. The Kier molecular flexibility index (Phi) is 3.36. The van der Waals surface area contributed by atoms with E-state index >= 15 is 0 Å². The van der Waals surface area contributed by atoms with Crippen LogP contribution in [0, 0.1) is 0 Å². The number of carbonyl (C=O) groups excluding carboxylic acids is 1. The third kappa shape index (κ3) is 2.01. The highest BCUT2D eigenvalue weighted by molar-refractivity contribution is 9.10. The van der Waals surface area contributed by atoms with Crippen LogP contribution in [0.25, 0.3) is 10.4 Å². The summed E-state index contributed by atoms with van der Waals surface area (Å²) in [5.41, 5.74) is 1.30. The number of carbonyl (C=O) groups is 1. The SMILES string of the molecule is COC(=O)c1c(-c2cccs2)ccnc1Br. The number of esters is 1. The first-order valence-electron chi connectivity index (χ1n) is 4.50. The van der Waals surface area contributed by atoms with Gasteiger partial charge in [0, 0.05) is 16.6 Å². The summed E-state index contributed by atoms with van der Waals surface area (Å²) in [5.74, 6) is -0.386. The van der Waals surface area contributed by atoms with Crippen LogP contribution in [0.2, 0.25) is 0 Å². The predicted octanol–water partition coefficient (Wildman–Crippen LogP) is 3.36. The van der Waals surface area contributed by atoms with Crippen molar-refractivity contribution in [2.75, 3.05) is 7.11 Å². The zero-order valence-electron chi connectivity index (χ0n) is 8.44. The van der Waals surface area contributed by atoms with E-state index in [1.165, 1.54) is 7.11 Å². The van der Waals surface area contributed by atoms with Crippen molar-refractivity contribution in [1.29, 1.82) is 0 Å². The van der Waals surface area contributed by atoms with Gasteiger partial charge in [-0.3, -0.25) is 0 Å². The van der Waals surface area contributed by atoms with Crippen LogP contribution in [0.5, 0.6) is 0 Å². The molecule has 0 bridgehead atoms. The first kappa shape index (κ1) is 11.3. The first-order chi connectivity index (χ1) is 7.74. The maximum atomic E-state index is 11.7. The average molecular weight is 298 g/mol. The van der Waals surface area contributed by atoms with Crippen molar-refractivity contribution in [3.05, 3.63) is 39.9 Å². The van der Waals surface area contributed by atoms with Crippen LogP contribution in [0.1, 0.15) is 10.4 Å². The summed E-state index contributed by atoms with van der Waals surface area (Å²) in [6.45, 7) is 0. The van der Waals surface area contributed by atoms with Crippen LogP contribution in [-0.4, -0.2) is 18.1 Å². The molecule has 0 N–H and O–H groups in total. The Labute approximate surface area is 105 Å². The molecule has 2 aromatic heterocycles. The number of rotatable bonds is 2. The number of halogens is 1. The second-order valence-electron chi connectivity index (χ2n) is 2.99. The lowest BCUT2D eigenvalue weighted by atomic mass is 10.1. The molecular weight excluding hydrogens is 290 g/mol. The molecule has 0 aromatic carbocycles.